The molecule has 120 valence electrons. The molecule has 0 saturated heterocycles. The van der Waals surface area contributed by atoms with Crippen molar-refractivity contribution in [2.24, 2.45) is 0 Å². The number of aryl methyl sites for hydroxylation is 1. The Morgan fingerprint density at radius 1 is 1.50 bits per heavy atom. The van der Waals surface area contributed by atoms with Gasteiger partial charge in [-0.25, -0.2) is 4.79 Å². The molecule has 0 bridgehead atoms. The van der Waals surface area contributed by atoms with Crippen molar-refractivity contribution < 1.29 is 18.8 Å². The topological polar surface area (TPSA) is 113 Å². The number of hydrogen-bond acceptors (Lipinski definition) is 6. The first-order valence-electron chi connectivity index (χ1n) is 7.09. The fourth-order valence-electron chi connectivity index (χ4n) is 1.99. The summed E-state index contributed by atoms with van der Waals surface area (Å²) in [6, 6.07) is 2.90. The van der Waals surface area contributed by atoms with Crippen molar-refractivity contribution in [1.29, 1.82) is 0 Å². The van der Waals surface area contributed by atoms with E-state index in [9.17, 15) is 9.90 Å². The number of aliphatic hydroxyl groups is 1. The molecule has 0 aliphatic heterocycles. The zero-order chi connectivity index (χ0) is 15.9. The second-order valence-electron chi connectivity index (χ2n) is 5.05. The minimum Gasteiger partial charge on any atom is -0.467 e. The third-order valence-corrected chi connectivity index (χ3v) is 3.02. The van der Waals surface area contributed by atoms with Gasteiger partial charge in [0.1, 0.15) is 11.9 Å². The van der Waals surface area contributed by atoms with E-state index in [2.05, 4.69) is 20.8 Å². The number of amides is 2. The van der Waals surface area contributed by atoms with E-state index in [1.807, 2.05) is 6.92 Å². The van der Waals surface area contributed by atoms with Crippen LogP contribution in [-0.4, -0.2) is 33.9 Å². The molecular weight excluding hydrogens is 288 g/mol. The van der Waals surface area contributed by atoms with Crippen molar-refractivity contribution in [2.75, 3.05) is 6.54 Å². The van der Waals surface area contributed by atoms with E-state index in [1.54, 1.807) is 19.1 Å². The zero-order valence-electron chi connectivity index (χ0n) is 12.6. The Hall–Kier alpha value is -2.35. The number of furan rings is 1. The van der Waals surface area contributed by atoms with Gasteiger partial charge < -0.3 is 24.7 Å². The Kier molecular flexibility index (Phi) is 5.54. The van der Waals surface area contributed by atoms with E-state index in [-0.39, 0.29) is 12.1 Å². The molecule has 2 heterocycles. The first kappa shape index (κ1) is 16.0. The number of hydrogen-bond donors (Lipinski definition) is 3. The summed E-state index contributed by atoms with van der Waals surface area (Å²) in [5.74, 6) is 1.54. The molecule has 0 aliphatic carbocycles. The molecule has 0 fully saturated rings. The minimum absolute atomic E-state index is 0.203. The SMILES string of the molecule is Cc1noc(CCNC(=O)NC(C)CC(O)c2ccco2)n1. The fraction of sp³-hybridized carbons (Fsp3) is 0.500. The van der Waals surface area contributed by atoms with Crippen LogP contribution in [0, 0.1) is 6.92 Å². The van der Waals surface area contributed by atoms with Crippen molar-refractivity contribution in [3.05, 3.63) is 35.9 Å². The number of carbonyl (C=O) groups is 1. The molecule has 0 aromatic carbocycles. The summed E-state index contributed by atoms with van der Waals surface area (Å²) in [6.07, 6.45) is 1.59. The summed E-state index contributed by atoms with van der Waals surface area (Å²) < 4.78 is 10.1. The Labute approximate surface area is 127 Å². The molecule has 22 heavy (non-hydrogen) atoms. The van der Waals surface area contributed by atoms with Gasteiger partial charge in [0.2, 0.25) is 5.89 Å². The van der Waals surface area contributed by atoms with Gasteiger partial charge in [-0.1, -0.05) is 5.16 Å². The molecule has 2 rings (SSSR count). The molecule has 8 nitrogen and oxygen atoms in total. The zero-order valence-corrected chi connectivity index (χ0v) is 12.6. The Bertz CT molecular complexity index is 581. The number of rotatable bonds is 7. The molecule has 0 aliphatic rings. The quantitative estimate of drug-likeness (QED) is 0.711. The van der Waals surface area contributed by atoms with Crippen LogP contribution in [0.4, 0.5) is 4.79 Å². The summed E-state index contributed by atoms with van der Waals surface area (Å²) in [4.78, 5) is 15.8. The molecule has 3 N–H and O–H groups in total. The normalized spacial score (nSPS) is 13.6. The van der Waals surface area contributed by atoms with E-state index in [1.165, 1.54) is 6.26 Å². The first-order valence-corrected chi connectivity index (χ1v) is 7.09. The highest BCUT2D eigenvalue weighted by Crippen LogP contribution is 2.18. The lowest BCUT2D eigenvalue weighted by Crippen LogP contribution is -2.42. The number of carbonyl (C=O) groups excluding carboxylic acids is 1. The Balaban J connectivity index is 1.65. The van der Waals surface area contributed by atoms with Crippen molar-refractivity contribution in [3.63, 3.8) is 0 Å². The van der Waals surface area contributed by atoms with Gasteiger partial charge >= 0.3 is 6.03 Å². The number of aromatic nitrogens is 2. The Morgan fingerprint density at radius 3 is 2.95 bits per heavy atom. The maximum absolute atomic E-state index is 11.7. The summed E-state index contributed by atoms with van der Waals surface area (Å²) in [7, 11) is 0. The number of nitrogens with zero attached hydrogens (tertiary/aromatic N) is 2. The first-order chi connectivity index (χ1) is 10.5. The minimum atomic E-state index is -0.744. The summed E-state index contributed by atoms with van der Waals surface area (Å²) in [5.41, 5.74) is 0. The van der Waals surface area contributed by atoms with Crippen LogP contribution in [0.5, 0.6) is 0 Å². The molecule has 0 radical (unpaired) electrons. The second kappa shape index (κ2) is 7.60. The van der Waals surface area contributed by atoms with Gasteiger partial charge in [-0.2, -0.15) is 4.98 Å². The van der Waals surface area contributed by atoms with Gasteiger partial charge in [0.05, 0.1) is 6.26 Å². The van der Waals surface area contributed by atoms with Crippen molar-refractivity contribution in [2.45, 2.75) is 38.8 Å². The van der Waals surface area contributed by atoms with Crippen LogP contribution < -0.4 is 10.6 Å². The van der Waals surface area contributed by atoms with Crippen LogP contribution in [0.1, 0.15) is 36.9 Å². The van der Waals surface area contributed by atoms with Crippen LogP contribution in [-0.2, 0) is 6.42 Å². The average Bonchev–Trinajstić information content (AvgIpc) is 3.10. The summed E-state index contributed by atoms with van der Waals surface area (Å²) in [6.45, 7) is 3.94. The molecular formula is C14H20N4O4. The third kappa shape index (κ3) is 4.88. The molecule has 2 amide bonds. The second-order valence-corrected chi connectivity index (χ2v) is 5.05. The molecule has 2 unspecified atom stereocenters. The van der Waals surface area contributed by atoms with Gasteiger partial charge in [0.15, 0.2) is 5.82 Å². The molecule has 0 spiro atoms. The van der Waals surface area contributed by atoms with Crippen LogP contribution >= 0.6 is 0 Å². The van der Waals surface area contributed by atoms with Crippen LogP contribution in [0.15, 0.2) is 27.3 Å². The molecule has 8 heteroatoms. The highest BCUT2D eigenvalue weighted by Gasteiger charge is 2.16. The van der Waals surface area contributed by atoms with E-state index in [0.29, 0.717) is 36.9 Å². The molecule has 2 atom stereocenters. The third-order valence-electron chi connectivity index (χ3n) is 3.02. The summed E-state index contributed by atoms with van der Waals surface area (Å²) >= 11 is 0. The Morgan fingerprint density at radius 2 is 2.32 bits per heavy atom. The number of aliphatic hydroxyl groups excluding tert-OH is 1. The largest absolute Gasteiger partial charge is 0.467 e. The standard InChI is InChI=1S/C14H20N4O4/c1-9(8-11(19)12-4-3-7-21-12)16-14(20)15-6-5-13-17-10(2)18-22-13/h3-4,7,9,11,19H,5-6,8H2,1-2H3,(H2,15,16,20). The van der Waals surface area contributed by atoms with Crippen molar-refractivity contribution in [1.82, 2.24) is 20.8 Å². The monoisotopic (exact) mass is 308 g/mol. The lowest BCUT2D eigenvalue weighted by atomic mass is 10.1. The number of nitrogens with one attached hydrogen (secondary N) is 2. The highest BCUT2D eigenvalue weighted by molar-refractivity contribution is 5.74. The van der Waals surface area contributed by atoms with Crippen molar-refractivity contribution >= 4 is 6.03 Å². The van der Waals surface area contributed by atoms with E-state index in [0.717, 1.165) is 0 Å². The predicted molar refractivity (Wildman–Crippen MR) is 77.0 cm³/mol. The van der Waals surface area contributed by atoms with Gasteiger partial charge in [-0.15, -0.1) is 0 Å². The lowest BCUT2D eigenvalue weighted by Gasteiger charge is -2.17. The van der Waals surface area contributed by atoms with Gasteiger partial charge in [-0.3, -0.25) is 0 Å². The lowest BCUT2D eigenvalue weighted by molar-refractivity contribution is 0.129. The van der Waals surface area contributed by atoms with Crippen LogP contribution in [0.25, 0.3) is 0 Å². The molecule has 2 aromatic heterocycles. The molecule has 0 saturated carbocycles. The number of urea groups is 1. The van der Waals surface area contributed by atoms with E-state index in [4.69, 9.17) is 8.94 Å². The van der Waals surface area contributed by atoms with E-state index >= 15 is 0 Å². The van der Waals surface area contributed by atoms with Gasteiger partial charge in [0.25, 0.3) is 0 Å². The summed E-state index contributed by atoms with van der Waals surface area (Å²) in [5, 5.41) is 19.0. The fourth-order valence-corrected chi connectivity index (χ4v) is 1.99. The average molecular weight is 308 g/mol. The molecule has 2 aromatic rings. The van der Waals surface area contributed by atoms with Gasteiger partial charge in [-0.05, 0) is 26.0 Å². The predicted octanol–water partition coefficient (Wildman–Crippen LogP) is 1.32. The maximum atomic E-state index is 11.7. The van der Waals surface area contributed by atoms with Crippen molar-refractivity contribution in [3.8, 4) is 0 Å². The maximum Gasteiger partial charge on any atom is 0.315 e. The van der Waals surface area contributed by atoms with E-state index < -0.39 is 6.10 Å². The van der Waals surface area contributed by atoms with Gasteiger partial charge in [0, 0.05) is 25.4 Å². The highest BCUT2D eigenvalue weighted by atomic mass is 16.5. The van der Waals surface area contributed by atoms with Crippen LogP contribution in [0.2, 0.25) is 0 Å². The smallest absolute Gasteiger partial charge is 0.315 e. The van der Waals surface area contributed by atoms with Crippen LogP contribution in [0.3, 0.4) is 0 Å².